The van der Waals surface area contributed by atoms with Gasteiger partial charge in [0.25, 0.3) is 0 Å². The van der Waals surface area contributed by atoms with Gasteiger partial charge in [0.15, 0.2) is 0 Å². The number of benzene rings is 1. The number of aliphatic hydroxyl groups excluding tert-OH is 1. The lowest BCUT2D eigenvalue weighted by Gasteiger charge is -2.34. The molecule has 3 atom stereocenters. The Morgan fingerprint density at radius 1 is 1.17 bits per heavy atom. The zero-order valence-corrected chi connectivity index (χ0v) is 13.0. The predicted octanol–water partition coefficient (Wildman–Crippen LogP) is 2.12. The fraction of sp³-hybridized carbons (Fsp3) is 0.278. The predicted molar refractivity (Wildman–Crippen MR) is 89.0 cm³/mol. The van der Waals surface area contributed by atoms with Crippen molar-refractivity contribution in [3.63, 3.8) is 0 Å². The number of rotatable bonds is 1. The van der Waals surface area contributed by atoms with Crippen molar-refractivity contribution in [2.24, 2.45) is 5.92 Å². The van der Waals surface area contributed by atoms with Crippen LogP contribution in [-0.2, 0) is 6.42 Å². The molecule has 6 heteroatoms. The summed E-state index contributed by atoms with van der Waals surface area (Å²) in [7, 11) is 0. The monoisotopic (exact) mass is 319 g/mol. The van der Waals surface area contributed by atoms with Gasteiger partial charge in [-0.05, 0) is 18.4 Å². The summed E-state index contributed by atoms with van der Waals surface area (Å²) in [4.78, 5) is 12.7. The van der Waals surface area contributed by atoms with Crippen LogP contribution in [0.3, 0.4) is 0 Å². The Hall–Kier alpha value is -2.73. The third-order valence-electron chi connectivity index (χ3n) is 5.28. The van der Waals surface area contributed by atoms with Gasteiger partial charge in [-0.25, -0.2) is 15.0 Å². The van der Waals surface area contributed by atoms with Gasteiger partial charge in [-0.1, -0.05) is 24.3 Å². The normalized spacial score (nSPS) is 24.3. The average Bonchev–Trinajstić information content (AvgIpc) is 3.16. The molecule has 3 N–H and O–H groups in total. The molecule has 2 aliphatic rings. The number of aryl methyl sites for hydroxylation is 1. The van der Waals surface area contributed by atoms with E-state index in [1.54, 1.807) is 6.20 Å². The van der Waals surface area contributed by atoms with E-state index >= 15 is 0 Å². The number of imidazole rings is 1. The Kier molecular flexibility index (Phi) is 2.78. The summed E-state index contributed by atoms with van der Waals surface area (Å²) in [6, 6.07) is 8.45. The maximum absolute atomic E-state index is 11.0. The first-order valence-electron chi connectivity index (χ1n) is 8.14. The van der Waals surface area contributed by atoms with Gasteiger partial charge in [0.2, 0.25) is 5.95 Å². The molecule has 5 rings (SSSR count). The number of aromatic nitrogens is 4. The quantitative estimate of drug-likeness (QED) is 0.717. The highest BCUT2D eigenvalue weighted by atomic mass is 16.3. The molecular formula is C18H17N5O. The Balaban J connectivity index is 1.62. The minimum Gasteiger partial charge on any atom is -0.388 e. The van der Waals surface area contributed by atoms with Crippen LogP contribution in [0.2, 0.25) is 0 Å². The number of nitrogen functional groups attached to an aromatic ring is 1. The average molecular weight is 319 g/mol. The van der Waals surface area contributed by atoms with E-state index in [-0.39, 0.29) is 17.9 Å². The lowest BCUT2D eigenvalue weighted by molar-refractivity contribution is 0.0707. The van der Waals surface area contributed by atoms with Crippen molar-refractivity contribution in [3.8, 4) is 11.3 Å². The molecule has 0 fully saturated rings. The first-order valence-corrected chi connectivity index (χ1v) is 8.14. The standard InChI is InChI=1S/C18H17N5O/c19-18-21-7-13-14(22-18)6-5-12(17(13)24)16-11-4-2-1-3-10(11)15-8-20-9-23(15)16/h1-4,7-9,12,16-17,24H,5-6H2,(H2,19,21,22). The van der Waals surface area contributed by atoms with Crippen molar-refractivity contribution in [3.05, 3.63) is 59.8 Å². The topological polar surface area (TPSA) is 89.9 Å². The van der Waals surface area contributed by atoms with E-state index in [0.29, 0.717) is 0 Å². The van der Waals surface area contributed by atoms with Crippen LogP contribution < -0.4 is 5.73 Å². The number of hydrogen-bond acceptors (Lipinski definition) is 5. The molecule has 1 aliphatic carbocycles. The van der Waals surface area contributed by atoms with E-state index < -0.39 is 6.10 Å². The Morgan fingerprint density at radius 3 is 2.96 bits per heavy atom. The fourth-order valence-electron chi connectivity index (χ4n) is 4.22. The lowest BCUT2D eigenvalue weighted by atomic mass is 9.78. The molecule has 0 bridgehead atoms. The van der Waals surface area contributed by atoms with Crippen molar-refractivity contribution in [2.45, 2.75) is 25.0 Å². The van der Waals surface area contributed by atoms with Crippen LogP contribution in [0.5, 0.6) is 0 Å². The number of nitrogens with zero attached hydrogens (tertiary/aromatic N) is 4. The van der Waals surface area contributed by atoms with Gasteiger partial charge in [0, 0.05) is 23.2 Å². The number of nitrogens with two attached hydrogens (primary N) is 1. The third kappa shape index (κ3) is 1.77. The smallest absolute Gasteiger partial charge is 0.220 e. The van der Waals surface area contributed by atoms with Gasteiger partial charge in [-0.15, -0.1) is 0 Å². The highest BCUT2D eigenvalue weighted by molar-refractivity contribution is 5.69. The van der Waals surface area contributed by atoms with Gasteiger partial charge < -0.3 is 15.4 Å². The van der Waals surface area contributed by atoms with Crippen molar-refractivity contribution in [2.75, 3.05) is 5.73 Å². The summed E-state index contributed by atoms with van der Waals surface area (Å²) in [5, 5.41) is 11.0. The molecule has 24 heavy (non-hydrogen) atoms. The maximum atomic E-state index is 11.0. The maximum Gasteiger partial charge on any atom is 0.220 e. The number of hydrogen-bond donors (Lipinski definition) is 2. The van der Waals surface area contributed by atoms with Gasteiger partial charge in [0.05, 0.1) is 36.1 Å². The van der Waals surface area contributed by atoms with Gasteiger partial charge >= 0.3 is 0 Å². The molecule has 3 heterocycles. The number of anilines is 1. The van der Waals surface area contributed by atoms with Crippen LogP contribution in [0.4, 0.5) is 5.95 Å². The highest BCUT2D eigenvalue weighted by Gasteiger charge is 2.40. The molecule has 0 radical (unpaired) electrons. The minimum absolute atomic E-state index is 0.0568. The van der Waals surface area contributed by atoms with E-state index in [9.17, 15) is 5.11 Å². The molecule has 1 aliphatic heterocycles. The zero-order valence-electron chi connectivity index (χ0n) is 13.0. The van der Waals surface area contributed by atoms with E-state index in [0.717, 1.165) is 29.8 Å². The highest BCUT2D eigenvalue weighted by Crippen LogP contribution is 2.49. The first-order chi connectivity index (χ1) is 11.7. The van der Waals surface area contributed by atoms with E-state index in [1.165, 1.54) is 11.1 Å². The molecule has 0 saturated carbocycles. The largest absolute Gasteiger partial charge is 0.388 e. The molecule has 0 saturated heterocycles. The zero-order chi connectivity index (χ0) is 16.3. The second-order valence-corrected chi connectivity index (χ2v) is 6.50. The Bertz CT molecular complexity index is 935. The number of aliphatic hydroxyl groups is 1. The molecule has 120 valence electrons. The summed E-state index contributed by atoms with van der Waals surface area (Å²) in [6.45, 7) is 0. The van der Waals surface area contributed by atoms with Crippen molar-refractivity contribution in [1.29, 1.82) is 0 Å². The minimum atomic E-state index is -0.610. The van der Waals surface area contributed by atoms with Gasteiger partial charge in [-0.3, -0.25) is 0 Å². The van der Waals surface area contributed by atoms with Crippen LogP contribution in [-0.4, -0.2) is 24.6 Å². The Morgan fingerprint density at radius 2 is 2.04 bits per heavy atom. The summed E-state index contributed by atoms with van der Waals surface area (Å²) < 4.78 is 2.18. The molecule has 3 unspecified atom stereocenters. The van der Waals surface area contributed by atoms with E-state index in [1.807, 2.05) is 18.6 Å². The number of fused-ring (bicyclic) bond motifs is 4. The second-order valence-electron chi connectivity index (χ2n) is 6.50. The SMILES string of the molecule is Nc1ncc2c(n1)CCC(C1c3ccccc3-c3cncn31)C2O. The van der Waals surface area contributed by atoms with Crippen molar-refractivity contribution >= 4 is 5.95 Å². The molecule has 0 amide bonds. The van der Waals surface area contributed by atoms with Gasteiger partial charge in [0.1, 0.15) is 0 Å². The first kappa shape index (κ1) is 13.7. The summed E-state index contributed by atoms with van der Waals surface area (Å²) in [6.07, 6.45) is 6.46. The van der Waals surface area contributed by atoms with Crippen LogP contribution >= 0.6 is 0 Å². The van der Waals surface area contributed by atoms with Crippen molar-refractivity contribution < 1.29 is 5.11 Å². The van der Waals surface area contributed by atoms with Crippen LogP contribution in [0.25, 0.3) is 11.3 Å². The summed E-state index contributed by atoms with van der Waals surface area (Å²) >= 11 is 0. The molecule has 1 aromatic carbocycles. The Labute approximate surface area is 139 Å². The van der Waals surface area contributed by atoms with Crippen LogP contribution in [0, 0.1) is 5.92 Å². The van der Waals surface area contributed by atoms with Crippen molar-refractivity contribution in [1.82, 2.24) is 19.5 Å². The lowest BCUT2D eigenvalue weighted by Crippen LogP contribution is -2.29. The molecule has 6 nitrogen and oxygen atoms in total. The molecule has 0 spiro atoms. The van der Waals surface area contributed by atoms with E-state index in [2.05, 4.69) is 37.7 Å². The third-order valence-corrected chi connectivity index (χ3v) is 5.28. The van der Waals surface area contributed by atoms with Crippen LogP contribution in [0.15, 0.2) is 43.0 Å². The fourth-order valence-corrected chi connectivity index (χ4v) is 4.22. The summed E-state index contributed by atoms with van der Waals surface area (Å²) in [5.41, 5.74) is 10.9. The second kappa shape index (κ2) is 4.88. The molecule has 2 aromatic heterocycles. The molecule has 3 aromatic rings. The van der Waals surface area contributed by atoms with E-state index in [4.69, 9.17) is 5.73 Å². The summed E-state index contributed by atoms with van der Waals surface area (Å²) in [5.74, 6) is 0.323. The van der Waals surface area contributed by atoms with Crippen LogP contribution in [0.1, 0.15) is 35.4 Å². The molecular weight excluding hydrogens is 302 g/mol. The van der Waals surface area contributed by atoms with Gasteiger partial charge in [-0.2, -0.15) is 0 Å².